The molecule has 2 aliphatic heterocycles. The smallest absolute Gasteiger partial charge is 0.254 e. The molecule has 2 saturated heterocycles. The van der Waals surface area contributed by atoms with E-state index in [9.17, 15) is 9.18 Å². The molecule has 2 aliphatic rings. The maximum atomic E-state index is 15.5. The summed E-state index contributed by atoms with van der Waals surface area (Å²) in [5.74, 6) is -0.750. The van der Waals surface area contributed by atoms with E-state index in [1.807, 2.05) is 19.1 Å². The van der Waals surface area contributed by atoms with Gasteiger partial charge in [0.05, 0.1) is 10.7 Å². The van der Waals surface area contributed by atoms with Gasteiger partial charge in [0.2, 0.25) is 0 Å². The zero-order valence-electron chi connectivity index (χ0n) is 16.3. The molecule has 154 valence electrons. The number of pyridine rings is 1. The number of carbonyl (C=O) groups is 1. The van der Waals surface area contributed by atoms with E-state index >= 15 is 4.39 Å². The topological polar surface area (TPSA) is 45.2 Å². The van der Waals surface area contributed by atoms with Crippen molar-refractivity contribution in [3.63, 3.8) is 0 Å². The quantitative estimate of drug-likeness (QED) is 0.778. The second-order valence-corrected chi connectivity index (χ2v) is 8.62. The summed E-state index contributed by atoms with van der Waals surface area (Å²) in [6, 6.07) is 7.63. The molecule has 4 rings (SSSR count). The number of carbonyl (C=O) groups excluding carboxylic acids is 1. The number of hydrogen-bond acceptors (Lipinski definition) is 3. The summed E-state index contributed by atoms with van der Waals surface area (Å²) in [7, 11) is 0. The van der Waals surface area contributed by atoms with Crippen molar-refractivity contribution in [3.8, 4) is 0 Å². The number of aromatic nitrogens is 1. The molecule has 1 aromatic carbocycles. The number of alkyl halides is 1. The van der Waals surface area contributed by atoms with Crippen LogP contribution in [0.15, 0.2) is 36.5 Å². The van der Waals surface area contributed by atoms with E-state index in [1.165, 1.54) is 18.2 Å². The molecule has 2 bridgehead atoms. The van der Waals surface area contributed by atoms with Crippen molar-refractivity contribution in [2.45, 2.75) is 56.9 Å². The number of nitrogens with zero attached hydrogens (tertiary/aromatic N) is 2. The molecule has 2 atom stereocenters. The van der Waals surface area contributed by atoms with Crippen molar-refractivity contribution in [2.75, 3.05) is 6.54 Å². The number of halogens is 3. The minimum absolute atomic E-state index is 0.0750. The maximum absolute atomic E-state index is 15.5. The summed E-state index contributed by atoms with van der Waals surface area (Å²) in [5.41, 5.74) is 0.964. The van der Waals surface area contributed by atoms with Gasteiger partial charge in [-0.05, 0) is 49.6 Å². The van der Waals surface area contributed by atoms with Gasteiger partial charge in [0, 0.05) is 49.8 Å². The summed E-state index contributed by atoms with van der Waals surface area (Å²) in [5, 5.41) is 3.11. The summed E-state index contributed by atoms with van der Waals surface area (Å²) >= 11 is 5.83. The Morgan fingerprint density at radius 1 is 1.28 bits per heavy atom. The molecule has 29 heavy (non-hydrogen) atoms. The first-order valence-corrected chi connectivity index (χ1v) is 10.3. The molecule has 3 heterocycles. The van der Waals surface area contributed by atoms with Crippen LogP contribution < -0.4 is 5.32 Å². The van der Waals surface area contributed by atoms with Crippen molar-refractivity contribution in [1.29, 1.82) is 0 Å². The normalized spacial score (nSPS) is 26.0. The van der Waals surface area contributed by atoms with E-state index in [-0.39, 0.29) is 29.6 Å². The number of amides is 1. The van der Waals surface area contributed by atoms with Crippen LogP contribution in [0.3, 0.4) is 0 Å². The van der Waals surface area contributed by atoms with Gasteiger partial charge in [-0.2, -0.15) is 0 Å². The fourth-order valence-electron chi connectivity index (χ4n) is 4.56. The molecular formula is C22H24ClF2N3O. The first-order chi connectivity index (χ1) is 13.8. The highest BCUT2D eigenvalue weighted by Gasteiger charge is 2.50. The zero-order chi connectivity index (χ0) is 20.6. The van der Waals surface area contributed by atoms with Crippen molar-refractivity contribution in [1.82, 2.24) is 15.2 Å². The van der Waals surface area contributed by atoms with Crippen LogP contribution in [0.4, 0.5) is 8.78 Å². The highest BCUT2D eigenvalue weighted by atomic mass is 35.5. The molecule has 4 nitrogen and oxygen atoms in total. The van der Waals surface area contributed by atoms with Crippen LogP contribution in [0.5, 0.6) is 0 Å². The van der Waals surface area contributed by atoms with Gasteiger partial charge in [-0.15, -0.1) is 0 Å². The summed E-state index contributed by atoms with van der Waals surface area (Å²) < 4.78 is 29.0. The van der Waals surface area contributed by atoms with E-state index < -0.39 is 11.5 Å². The predicted molar refractivity (Wildman–Crippen MR) is 108 cm³/mol. The molecule has 0 radical (unpaired) electrons. The number of fused-ring (bicyclic) bond motifs is 2. The first kappa shape index (κ1) is 20.2. The Balaban J connectivity index is 1.39. The number of aryl methyl sites for hydroxylation is 1. The molecule has 2 fully saturated rings. The molecule has 7 heteroatoms. The van der Waals surface area contributed by atoms with E-state index in [0.29, 0.717) is 24.9 Å². The lowest BCUT2D eigenvalue weighted by Gasteiger charge is -2.42. The standard InChI is InChI=1S/C22H24ClF2N3O/c1-14-2-4-16(27-11-14)12-26-13-22(25)9-17-5-6-18(10-22)28(17)21(29)15-3-7-20(24)19(23)8-15/h2-4,7-8,11,17-18,26H,5-6,9-10,12-13H2,1H3. The third-order valence-electron chi connectivity index (χ3n) is 5.94. The van der Waals surface area contributed by atoms with Gasteiger partial charge in [-0.1, -0.05) is 17.7 Å². The molecule has 0 aliphatic carbocycles. The number of benzene rings is 1. The van der Waals surface area contributed by atoms with E-state index in [2.05, 4.69) is 10.3 Å². The Kier molecular flexibility index (Phi) is 5.58. The molecule has 0 spiro atoms. The maximum Gasteiger partial charge on any atom is 0.254 e. The lowest BCUT2D eigenvalue weighted by atomic mass is 9.87. The Bertz CT molecular complexity index is 891. The lowest BCUT2D eigenvalue weighted by Crippen LogP contribution is -2.54. The van der Waals surface area contributed by atoms with Gasteiger partial charge < -0.3 is 10.2 Å². The van der Waals surface area contributed by atoms with Crippen molar-refractivity contribution in [2.24, 2.45) is 0 Å². The van der Waals surface area contributed by atoms with E-state index in [4.69, 9.17) is 11.6 Å². The highest BCUT2D eigenvalue weighted by molar-refractivity contribution is 6.31. The number of rotatable bonds is 5. The van der Waals surface area contributed by atoms with Crippen molar-refractivity contribution in [3.05, 3.63) is 64.2 Å². The van der Waals surface area contributed by atoms with Gasteiger partial charge >= 0.3 is 0 Å². The second kappa shape index (κ2) is 8.00. The summed E-state index contributed by atoms with van der Waals surface area (Å²) in [4.78, 5) is 19.1. The average Bonchev–Trinajstić information content (AvgIpc) is 2.97. The zero-order valence-corrected chi connectivity index (χ0v) is 17.1. The number of nitrogens with one attached hydrogen (secondary N) is 1. The SMILES string of the molecule is Cc1ccc(CNCC2(F)CC3CCC(C2)N3C(=O)c2ccc(F)c(Cl)c2)nc1. The Hall–Kier alpha value is -2.05. The van der Waals surface area contributed by atoms with Gasteiger partial charge in [-0.25, -0.2) is 8.78 Å². The molecule has 1 amide bonds. The molecule has 1 aromatic heterocycles. The Morgan fingerprint density at radius 2 is 2.00 bits per heavy atom. The second-order valence-electron chi connectivity index (χ2n) is 8.22. The highest BCUT2D eigenvalue weighted by Crippen LogP contribution is 2.43. The molecule has 2 aromatic rings. The van der Waals surface area contributed by atoms with Crippen LogP contribution in [0.1, 0.15) is 47.3 Å². The monoisotopic (exact) mass is 419 g/mol. The molecule has 1 N–H and O–H groups in total. The lowest BCUT2D eigenvalue weighted by molar-refractivity contribution is 0.0128. The minimum atomic E-state index is -1.35. The number of hydrogen-bond donors (Lipinski definition) is 1. The average molecular weight is 420 g/mol. The van der Waals surface area contributed by atoms with Gasteiger partial charge in [-0.3, -0.25) is 9.78 Å². The minimum Gasteiger partial charge on any atom is -0.332 e. The Morgan fingerprint density at radius 3 is 2.62 bits per heavy atom. The molecule has 2 unspecified atom stereocenters. The van der Waals surface area contributed by atoms with Crippen LogP contribution in [0, 0.1) is 12.7 Å². The van der Waals surface area contributed by atoms with Crippen LogP contribution >= 0.6 is 11.6 Å². The fraction of sp³-hybridized carbons (Fsp3) is 0.455. The van der Waals surface area contributed by atoms with Crippen LogP contribution in [-0.4, -0.2) is 40.1 Å². The molecular weight excluding hydrogens is 396 g/mol. The largest absolute Gasteiger partial charge is 0.332 e. The third kappa shape index (κ3) is 4.28. The van der Waals surface area contributed by atoms with Crippen LogP contribution in [-0.2, 0) is 6.54 Å². The number of piperidine rings is 1. The third-order valence-corrected chi connectivity index (χ3v) is 6.23. The Labute approximate surface area is 174 Å². The van der Waals surface area contributed by atoms with E-state index in [0.717, 1.165) is 24.1 Å². The van der Waals surface area contributed by atoms with Gasteiger partial charge in [0.1, 0.15) is 11.5 Å². The first-order valence-electron chi connectivity index (χ1n) is 9.93. The van der Waals surface area contributed by atoms with Crippen molar-refractivity contribution >= 4 is 17.5 Å². The van der Waals surface area contributed by atoms with Crippen LogP contribution in [0.25, 0.3) is 0 Å². The summed E-state index contributed by atoms with van der Waals surface area (Å²) in [6.07, 6.45) is 3.98. The fourth-order valence-corrected chi connectivity index (χ4v) is 4.74. The van der Waals surface area contributed by atoms with Gasteiger partial charge in [0.25, 0.3) is 5.91 Å². The predicted octanol–water partition coefficient (Wildman–Crippen LogP) is 4.45. The van der Waals surface area contributed by atoms with Gasteiger partial charge in [0.15, 0.2) is 0 Å². The van der Waals surface area contributed by atoms with Crippen molar-refractivity contribution < 1.29 is 13.6 Å². The molecule has 0 saturated carbocycles. The van der Waals surface area contributed by atoms with E-state index in [1.54, 1.807) is 11.1 Å². The summed E-state index contributed by atoms with van der Waals surface area (Å²) in [6.45, 7) is 2.73. The van der Waals surface area contributed by atoms with Crippen LogP contribution in [0.2, 0.25) is 5.02 Å².